The summed E-state index contributed by atoms with van der Waals surface area (Å²) >= 11 is 13.4. The molecule has 92 valence electrons. The summed E-state index contributed by atoms with van der Waals surface area (Å²) in [4.78, 5) is 0. The first-order valence-electron chi connectivity index (χ1n) is 5.06. The molecular formula is C10H7Cl2N5S. The molecule has 8 heteroatoms. The van der Waals surface area contributed by atoms with Crippen molar-refractivity contribution >= 4 is 46.0 Å². The standard InChI is InChI=1S/C10H7Cl2N5S/c11-6-3-7(12)10(9-8(6)15-18-16-9)17-2-1-5(4-13)14-17/h1-3H,4,13H2. The molecule has 0 amide bonds. The quantitative estimate of drug-likeness (QED) is 0.790. The first kappa shape index (κ1) is 11.9. The van der Waals surface area contributed by atoms with E-state index in [1.54, 1.807) is 16.9 Å². The zero-order chi connectivity index (χ0) is 12.7. The van der Waals surface area contributed by atoms with Gasteiger partial charge in [-0.25, -0.2) is 4.68 Å². The molecule has 2 heterocycles. The summed E-state index contributed by atoms with van der Waals surface area (Å²) in [6.45, 7) is 0.372. The molecule has 0 unspecified atom stereocenters. The van der Waals surface area contributed by atoms with E-state index in [9.17, 15) is 0 Å². The minimum atomic E-state index is 0.372. The molecule has 0 aliphatic carbocycles. The third kappa shape index (κ3) is 1.78. The highest BCUT2D eigenvalue weighted by atomic mass is 35.5. The van der Waals surface area contributed by atoms with E-state index in [4.69, 9.17) is 28.9 Å². The minimum absolute atomic E-state index is 0.372. The van der Waals surface area contributed by atoms with E-state index in [-0.39, 0.29) is 0 Å². The number of fused-ring (bicyclic) bond motifs is 1. The zero-order valence-electron chi connectivity index (χ0n) is 8.97. The fourth-order valence-electron chi connectivity index (χ4n) is 1.67. The van der Waals surface area contributed by atoms with Gasteiger partial charge in [-0.1, -0.05) is 23.2 Å². The van der Waals surface area contributed by atoms with Crippen LogP contribution in [0.15, 0.2) is 18.3 Å². The Bertz CT molecular complexity index is 720. The molecule has 0 spiro atoms. The fourth-order valence-corrected chi connectivity index (χ4v) is 2.87. The van der Waals surface area contributed by atoms with Gasteiger partial charge in [0.2, 0.25) is 0 Å². The maximum Gasteiger partial charge on any atom is 0.133 e. The van der Waals surface area contributed by atoms with Crippen LogP contribution in [0.1, 0.15) is 5.69 Å². The van der Waals surface area contributed by atoms with E-state index in [1.807, 2.05) is 6.07 Å². The van der Waals surface area contributed by atoms with E-state index >= 15 is 0 Å². The van der Waals surface area contributed by atoms with E-state index in [2.05, 4.69) is 13.8 Å². The second-order valence-corrected chi connectivity index (χ2v) is 4.95. The Kier molecular flexibility index (Phi) is 2.95. The average Bonchev–Trinajstić information content (AvgIpc) is 2.97. The van der Waals surface area contributed by atoms with Crippen LogP contribution in [0.3, 0.4) is 0 Å². The van der Waals surface area contributed by atoms with Gasteiger partial charge in [0, 0.05) is 12.7 Å². The molecule has 18 heavy (non-hydrogen) atoms. The molecule has 3 aromatic rings. The number of hydrogen-bond donors (Lipinski definition) is 1. The summed E-state index contributed by atoms with van der Waals surface area (Å²) in [5.41, 5.74) is 8.26. The van der Waals surface area contributed by atoms with Gasteiger partial charge < -0.3 is 5.73 Å². The lowest BCUT2D eigenvalue weighted by Crippen LogP contribution is -2.01. The highest BCUT2D eigenvalue weighted by Crippen LogP contribution is 2.33. The van der Waals surface area contributed by atoms with Gasteiger partial charge in [-0.2, -0.15) is 13.8 Å². The topological polar surface area (TPSA) is 69.6 Å². The van der Waals surface area contributed by atoms with Crippen molar-refractivity contribution in [3.8, 4) is 5.69 Å². The molecule has 0 fully saturated rings. The Labute approximate surface area is 116 Å². The molecule has 0 saturated carbocycles. The lowest BCUT2D eigenvalue weighted by Gasteiger charge is -2.05. The Morgan fingerprint density at radius 2 is 2.00 bits per heavy atom. The largest absolute Gasteiger partial charge is 0.325 e. The SMILES string of the molecule is NCc1ccn(-c2c(Cl)cc(Cl)c3nsnc23)n1. The van der Waals surface area contributed by atoms with Crippen molar-refractivity contribution < 1.29 is 0 Å². The van der Waals surface area contributed by atoms with Crippen LogP contribution >= 0.6 is 34.9 Å². The lowest BCUT2D eigenvalue weighted by atomic mass is 10.2. The van der Waals surface area contributed by atoms with Crippen LogP contribution < -0.4 is 5.73 Å². The normalized spacial score (nSPS) is 11.3. The molecule has 2 N–H and O–H groups in total. The summed E-state index contributed by atoms with van der Waals surface area (Å²) in [6, 6.07) is 3.47. The number of nitrogens with zero attached hydrogens (tertiary/aromatic N) is 4. The van der Waals surface area contributed by atoms with Gasteiger partial charge in [-0.3, -0.25) is 0 Å². The van der Waals surface area contributed by atoms with E-state index < -0.39 is 0 Å². The van der Waals surface area contributed by atoms with Crippen molar-refractivity contribution in [2.75, 3.05) is 0 Å². The number of hydrogen-bond acceptors (Lipinski definition) is 5. The van der Waals surface area contributed by atoms with Crippen molar-refractivity contribution in [2.45, 2.75) is 6.54 Å². The molecule has 0 atom stereocenters. The third-order valence-electron chi connectivity index (χ3n) is 2.50. The van der Waals surface area contributed by atoms with E-state index in [0.717, 1.165) is 17.4 Å². The second-order valence-electron chi connectivity index (χ2n) is 3.61. The summed E-state index contributed by atoms with van der Waals surface area (Å²) in [5.74, 6) is 0. The van der Waals surface area contributed by atoms with Crippen molar-refractivity contribution in [1.82, 2.24) is 18.5 Å². The van der Waals surface area contributed by atoms with Crippen molar-refractivity contribution in [1.29, 1.82) is 0 Å². The van der Waals surface area contributed by atoms with Gasteiger partial charge in [0.25, 0.3) is 0 Å². The Morgan fingerprint density at radius 1 is 1.22 bits per heavy atom. The van der Waals surface area contributed by atoms with Gasteiger partial charge in [-0.05, 0) is 12.1 Å². The van der Waals surface area contributed by atoms with Gasteiger partial charge in [0.15, 0.2) is 0 Å². The van der Waals surface area contributed by atoms with Gasteiger partial charge in [0.1, 0.15) is 16.7 Å². The molecule has 3 rings (SSSR count). The van der Waals surface area contributed by atoms with Crippen LogP contribution in [-0.2, 0) is 6.54 Å². The zero-order valence-corrected chi connectivity index (χ0v) is 11.3. The van der Waals surface area contributed by atoms with Gasteiger partial charge in [0.05, 0.1) is 27.5 Å². The van der Waals surface area contributed by atoms with Crippen LogP contribution in [0.4, 0.5) is 0 Å². The molecule has 1 aromatic carbocycles. The molecule has 0 saturated heterocycles. The molecular weight excluding hydrogens is 293 g/mol. The highest BCUT2D eigenvalue weighted by Gasteiger charge is 2.16. The Balaban J connectivity index is 2.30. The summed E-state index contributed by atoms with van der Waals surface area (Å²) in [6.07, 6.45) is 1.79. The molecule has 0 aliphatic heterocycles. The molecule has 0 aliphatic rings. The maximum absolute atomic E-state index is 6.21. The molecule has 0 radical (unpaired) electrons. The van der Waals surface area contributed by atoms with Crippen LogP contribution in [-0.4, -0.2) is 18.5 Å². The smallest absolute Gasteiger partial charge is 0.133 e. The van der Waals surface area contributed by atoms with Gasteiger partial charge >= 0.3 is 0 Å². The van der Waals surface area contributed by atoms with Crippen molar-refractivity contribution in [2.24, 2.45) is 5.73 Å². The van der Waals surface area contributed by atoms with Crippen LogP contribution in [0.2, 0.25) is 10.0 Å². The minimum Gasteiger partial charge on any atom is -0.325 e. The van der Waals surface area contributed by atoms with Crippen LogP contribution in [0, 0.1) is 0 Å². The van der Waals surface area contributed by atoms with Crippen LogP contribution in [0.25, 0.3) is 16.7 Å². The summed E-state index contributed by atoms with van der Waals surface area (Å²) < 4.78 is 10.0. The number of aromatic nitrogens is 4. The molecule has 2 aromatic heterocycles. The Hall–Kier alpha value is -1.21. The lowest BCUT2D eigenvalue weighted by molar-refractivity contribution is 0.837. The first-order chi connectivity index (χ1) is 8.70. The fraction of sp³-hybridized carbons (Fsp3) is 0.100. The van der Waals surface area contributed by atoms with Crippen LogP contribution in [0.5, 0.6) is 0 Å². The summed E-state index contributed by atoms with van der Waals surface area (Å²) in [5, 5.41) is 5.28. The van der Waals surface area contributed by atoms with Crippen molar-refractivity contribution in [3.63, 3.8) is 0 Å². The third-order valence-corrected chi connectivity index (χ3v) is 3.61. The average molecular weight is 300 g/mol. The number of benzene rings is 1. The first-order valence-corrected chi connectivity index (χ1v) is 6.54. The molecule has 0 bridgehead atoms. The number of nitrogens with two attached hydrogens (primary N) is 1. The predicted molar refractivity (Wildman–Crippen MR) is 72.4 cm³/mol. The number of rotatable bonds is 2. The van der Waals surface area contributed by atoms with E-state index in [1.165, 1.54) is 0 Å². The van der Waals surface area contributed by atoms with Gasteiger partial charge in [-0.15, -0.1) is 0 Å². The summed E-state index contributed by atoms with van der Waals surface area (Å²) in [7, 11) is 0. The second kappa shape index (κ2) is 4.47. The molecule has 5 nitrogen and oxygen atoms in total. The predicted octanol–water partition coefficient (Wildman–Crippen LogP) is 2.64. The van der Waals surface area contributed by atoms with Crippen molar-refractivity contribution in [3.05, 3.63) is 34.1 Å². The Morgan fingerprint density at radius 3 is 2.72 bits per heavy atom. The van der Waals surface area contributed by atoms with E-state index in [0.29, 0.717) is 33.3 Å². The number of halogens is 2. The monoisotopic (exact) mass is 299 g/mol. The highest BCUT2D eigenvalue weighted by molar-refractivity contribution is 7.00. The maximum atomic E-state index is 6.21.